The minimum Gasteiger partial charge on any atom is -0.286 e. The number of aryl methyl sites for hydroxylation is 2. The maximum atomic E-state index is 11.4. The number of hydroxylamine groups is 2. The van der Waals surface area contributed by atoms with Crippen LogP contribution in [0.2, 0.25) is 0 Å². The quantitative estimate of drug-likeness (QED) is 0.527. The summed E-state index contributed by atoms with van der Waals surface area (Å²) < 4.78 is 0. The first-order chi connectivity index (χ1) is 6.02. The topological polar surface area (TPSA) is 40.5 Å². The number of rotatable bonds is 1. The Kier molecular flexibility index (Phi) is 2.68. The first-order valence-electron chi connectivity index (χ1n) is 4.06. The highest BCUT2D eigenvalue weighted by atomic mass is 16.5. The number of hydrogen-bond donors (Lipinski definition) is 1. The third kappa shape index (κ3) is 2.06. The monoisotopic (exact) mass is 179 g/mol. The van der Waals surface area contributed by atoms with Gasteiger partial charge in [0.1, 0.15) is 0 Å². The van der Waals surface area contributed by atoms with E-state index in [1.807, 2.05) is 26.0 Å². The van der Waals surface area contributed by atoms with E-state index in [1.165, 1.54) is 7.05 Å². The lowest BCUT2D eigenvalue weighted by molar-refractivity contribution is -0.0375. The predicted molar refractivity (Wildman–Crippen MR) is 49.8 cm³/mol. The molecule has 0 atom stereocenters. The molecule has 0 radical (unpaired) electrons. The van der Waals surface area contributed by atoms with E-state index in [0.29, 0.717) is 10.6 Å². The van der Waals surface area contributed by atoms with Gasteiger partial charge in [-0.1, -0.05) is 17.7 Å². The van der Waals surface area contributed by atoms with Crippen LogP contribution < -0.4 is 0 Å². The van der Waals surface area contributed by atoms with Crippen molar-refractivity contribution in [3.63, 3.8) is 0 Å². The molecule has 0 aliphatic heterocycles. The van der Waals surface area contributed by atoms with Crippen LogP contribution in [0.3, 0.4) is 0 Å². The van der Waals surface area contributed by atoms with Gasteiger partial charge in [-0.15, -0.1) is 0 Å². The summed E-state index contributed by atoms with van der Waals surface area (Å²) in [5.41, 5.74) is 2.43. The Bertz CT molecular complexity index is 332. The van der Waals surface area contributed by atoms with E-state index in [-0.39, 0.29) is 5.91 Å². The third-order valence-corrected chi connectivity index (χ3v) is 1.92. The van der Waals surface area contributed by atoms with Crippen LogP contribution >= 0.6 is 0 Å². The molecule has 1 amide bonds. The van der Waals surface area contributed by atoms with Crippen LogP contribution in [0.15, 0.2) is 18.2 Å². The molecular weight excluding hydrogens is 166 g/mol. The number of benzene rings is 1. The van der Waals surface area contributed by atoms with Gasteiger partial charge in [-0.3, -0.25) is 10.0 Å². The summed E-state index contributed by atoms with van der Waals surface area (Å²) >= 11 is 0. The molecule has 1 N–H and O–H groups in total. The van der Waals surface area contributed by atoms with E-state index in [1.54, 1.807) is 6.07 Å². The number of nitrogens with zero attached hydrogens (tertiary/aromatic N) is 1. The van der Waals surface area contributed by atoms with Crippen molar-refractivity contribution in [3.05, 3.63) is 34.9 Å². The van der Waals surface area contributed by atoms with Crippen LogP contribution in [0.25, 0.3) is 0 Å². The second-order valence-electron chi connectivity index (χ2n) is 3.15. The summed E-state index contributed by atoms with van der Waals surface area (Å²) in [6.45, 7) is 3.75. The zero-order valence-electron chi connectivity index (χ0n) is 8.03. The number of amides is 1. The molecule has 0 heterocycles. The van der Waals surface area contributed by atoms with Gasteiger partial charge in [0.15, 0.2) is 0 Å². The zero-order valence-corrected chi connectivity index (χ0v) is 8.03. The van der Waals surface area contributed by atoms with E-state index in [0.717, 1.165) is 11.1 Å². The lowest BCUT2D eigenvalue weighted by Gasteiger charge is -2.10. The Morgan fingerprint density at radius 3 is 2.54 bits per heavy atom. The van der Waals surface area contributed by atoms with Gasteiger partial charge < -0.3 is 0 Å². The molecule has 1 rings (SSSR count). The Balaban J connectivity index is 3.13. The minimum atomic E-state index is -0.374. The van der Waals surface area contributed by atoms with E-state index in [4.69, 9.17) is 5.21 Å². The van der Waals surface area contributed by atoms with Gasteiger partial charge in [-0.2, -0.15) is 0 Å². The maximum Gasteiger partial charge on any atom is 0.277 e. The summed E-state index contributed by atoms with van der Waals surface area (Å²) in [5, 5.41) is 9.57. The molecule has 0 bridgehead atoms. The first-order valence-corrected chi connectivity index (χ1v) is 4.06. The van der Waals surface area contributed by atoms with Crippen molar-refractivity contribution >= 4 is 5.91 Å². The number of hydrogen-bond acceptors (Lipinski definition) is 2. The standard InChI is InChI=1S/C10H13NO2/c1-7-4-5-8(2)9(6-7)10(12)11(3)13/h4-6,13H,1-3H3. The van der Waals surface area contributed by atoms with E-state index >= 15 is 0 Å². The summed E-state index contributed by atoms with van der Waals surface area (Å²) in [7, 11) is 1.32. The van der Waals surface area contributed by atoms with Gasteiger partial charge in [-0.25, -0.2) is 5.06 Å². The van der Waals surface area contributed by atoms with Crippen molar-refractivity contribution in [1.29, 1.82) is 0 Å². The third-order valence-electron chi connectivity index (χ3n) is 1.92. The van der Waals surface area contributed by atoms with Crippen LogP contribution in [-0.2, 0) is 0 Å². The molecule has 0 aliphatic carbocycles. The average molecular weight is 179 g/mol. The fourth-order valence-electron chi connectivity index (χ4n) is 1.14. The molecule has 0 fully saturated rings. The lowest BCUT2D eigenvalue weighted by atomic mass is 10.1. The minimum absolute atomic E-state index is 0.374. The van der Waals surface area contributed by atoms with Gasteiger partial charge in [0.05, 0.1) is 0 Å². The molecule has 0 spiro atoms. The fourth-order valence-corrected chi connectivity index (χ4v) is 1.14. The van der Waals surface area contributed by atoms with Crippen molar-refractivity contribution in [2.24, 2.45) is 0 Å². The highest BCUT2D eigenvalue weighted by molar-refractivity contribution is 5.94. The molecular formula is C10H13NO2. The maximum absolute atomic E-state index is 11.4. The number of carbonyl (C=O) groups excluding carboxylic acids is 1. The highest BCUT2D eigenvalue weighted by Crippen LogP contribution is 2.11. The smallest absolute Gasteiger partial charge is 0.277 e. The van der Waals surface area contributed by atoms with Crippen molar-refractivity contribution < 1.29 is 10.0 Å². The van der Waals surface area contributed by atoms with Gasteiger partial charge in [0.2, 0.25) is 0 Å². The zero-order chi connectivity index (χ0) is 10.0. The summed E-state index contributed by atoms with van der Waals surface area (Å²) in [5.74, 6) is -0.374. The second kappa shape index (κ2) is 3.58. The van der Waals surface area contributed by atoms with Crippen molar-refractivity contribution in [2.75, 3.05) is 7.05 Å². The lowest BCUT2D eigenvalue weighted by Crippen LogP contribution is -2.23. The van der Waals surface area contributed by atoms with Crippen LogP contribution in [0.4, 0.5) is 0 Å². The number of carbonyl (C=O) groups is 1. The predicted octanol–water partition coefficient (Wildman–Crippen LogP) is 1.76. The fraction of sp³-hybridized carbons (Fsp3) is 0.300. The normalized spacial score (nSPS) is 9.85. The van der Waals surface area contributed by atoms with Gasteiger partial charge >= 0.3 is 0 Å². The Morgan fingerprint density at radius 1 is 1.38 bits per heavy atom. The van der Waals surface area contributed by atoms with Crippen LogP contribution in [0, 0.1) is 13.8 Å². The Hall–Kier alpha value is -1.35. The van der Waals surface area contributed by atoms with Gasteiger partial charge in [-0.05, 0) is 25.5 Å². The van der Waals surface area contributed by atoms with Crippen LogP contribution in [0.5, 0.6) is 0 Å². The van der Waals surface area contributed by atoms with Gasteiger partial charge in [0.25, 0.3) is 5.91 Å². The molecule has 0 saturated carbocycles. The molecule has 3 heteroatoms. The Morgan fingerprint density at radius 2 is 2.00 bits per heavy atom. The van der Waals surface area contributed by atoms with Crippen molar-refractivity contribution in [3.8, 4) is 0 Å². The molecule has 1 aromatic carbocycles. The molecule has 13 heavy (non-hydrogen) atoms. The average Bonchev–Trinajstić information content (AvgIpc) is 2.08. The molecule has 0 saturated heterocycles. The Labute approximate surface area is 77.6 Å². The van der Waals surface area contributed by atoms with E-state index in [2.05, 4.69) is 0 Å². The van der Waals surface area contributed by atoms with E-state index < -0.39 is 0 Å². The van der Waals surface area contributed by atoms with Crippen LogP contribution in [-0.4, -0.2) is 23.2 Å². The summed E-state index contributed by atoms with van der Waals surface area (Å²) in [6, 6.07) is 5.57. The molecule has 70 valence electrons. The van der Waals surface area contributed by atoms with Crippen molar-refractivity contribution in [2.45, 2.75) is 13.8 Å². The van der Waals surface area contributed by atoms with E-state index in [9.17, 15) is 4.79 Å². The summed E-state index contributed by atoms with van der Waals surface area (Å²) in [4.78, 5) is 11.4. The SMILES string of the molecule is Cc1ccc(C)c(C(=O)N(C)O)c1. The molecule has 0 aromatic heterocycles. The summed E-state index contributed by atoms with van der Waals surface area (Å²) in [6.07, 6.45) is 0. The highest BCUT2D eigenvalue weighted by Gasteiger charge is 2.11. The second-order valence-corrected chi connectivity index (χ2v) is 3.15. The molecule has 1 aromatic rings. The largest absolute Gasteiger partial charge is 0.286 e. The van der Waals surface area contributed by atoms with Crippen LogP contribution in [0.1, 0.15) is 21.5 Å². The molecule has 0 unspecified atom stereocenters. The molecule has 0 aliphatic rings. The van der Waals surface area contributed by atoms with Gasteiger partial charge in [0, 0.05) is 12.6 Å². The first kappa shape index (κ1) is 9.74. The molecule has 3 nitrogen and oxygen atoms in total. The van der Waals surface area contributed by atoms with Crippen molar-refractivity contribution in [1.82, 2.24) is 5.06 Å².